The molecule has 142 valence electrons. The van der Waals surface area contributed by atoms with Gasteiger partial charge in [0.05, 0.1) is 11.4 Å². The van der Waals surface area contributed by atoms with Gasteiger partial charge in [-0.05, 0) is 52.7 Å². The van der Waals surface area contributed by atoms with Gasteiger partial charge in [-0.25, -0.2) is 9.78 Å². The van der Waals surface area contributed by atoms with Crippen molar-refractivity contribution in [2.75, 3.05) is 28.2 Å². The zero-order valence-electron chi connectivity index (χ0n) is 15.6. The zero-order chi connectivity index (χ0) is 19.5. The summed E-state index contributed by atoms with van der Waals surface area (Å²) in [6, 6.07) is 19.8. The van der Waals surface area contributed by atoms with Crippen LogP contribution in [0.4, 0.5) is 22.0 Å². The van der Waals surface area contributed by atoms with Crippen molar-refractivity contribution in [1.29, 1.82) is 0 Å². The van der Waals surface area contributed by atoms with E-state index in [1.807, 2.05) is 36.4 Å². The average Bonchev–Trinajstić information content (AvgIpc) is 2.71. The van der Waals surface area contributed by atoms with Gasteiger partial charge < -0.3 is 10.2 Å². The third-order valence-corrected chi connectivity index (χ3v) is 5.50. The molecule has 5 nitrogen and oxygen atoms in total. The summed E-state index contributed by atoms with van der Waals surface area (Å²) < 4.78 is 0.854. The van der Waals surface area contributed by atoms with Crippen LogP contribution < -0.4 is 15.1 Å². The Morgan fingerprint density at radius 1 is 1.07 bits per heavy atom. The van der Waals surface area contributed by atoms with Crippen LogP contribution in [-0.4, -0.2) is 24.1 Å². The number of pyridine rings is 1. The van der Waals surface area contributed by atoms with E-state index in [9.17, 15) is 4.79 Å². The predicted octanol–water partition coefficient (Wildman–Crippen LogP) is 5.21. The van der Waals surface area contributed by atoms with Crippen LogP contribution in [-0.2, 0) is 6.54 Å². The Bertz CT molecular complexity index is 990. The number of nitrogens with zero attached hydrogens (tertiary/aromatic N) is 3. The van der Waals surface area contributed by atoms with E-state index >= 15 is 0 Å². The summed E-state index contributed by atoms with van der Waals surface area (Å²) in [6.07, 6.45) is 1.77. The van der Waals surface area contributed by atoms with Gasteiger partial charge in [0.1, 0.15) is 0 Å². The number of hydrogen-bond donors (Lipinski definition) is 1. The number of aromatic nitrogens is 1. The fourth-order valence-electron chi connectivity index (χ4n) is 3.31. The van der Waals surface area contributed by atoms with Crippen LogP contribution >= 0.6 is 15.9 Å². The lowest BCUT2D eigenvalue weighted by molar-refractivity contribution is 0.256. The number of nitrogens with one attached hydrogen (secondary N) is 1. The molecule has 1 aliphatic heterocycles. The second-order valence-corrected chi connectivity index (χ2v) is 7.67. The van der Waals surface area contributed by atoms with Gasteiger partial charge >= 0.3 is 6.03 Å². The minimum Gasteiger partial charge on any atom is -0.349 e. The summed E-state index contributed by atoms with van der Waals surface area (Å²) in [7, 11) is 0. The van der Waals surface area contributed by atoms with Crippen molar-refractivity contribution in [2.45, 2.75) is 13.5 Å². The maximum atomic E-state index is 12.9. The first-order valence-corrected chi connectivity index (χ1v) is 10.00. The molecule has 0 spiro atoms. The van der Waals surface area contributed by atoms with E-state index in [0.717, 1.165) is 34.8 Å². The molecule has 1 aromatic heterocycles. The summed E-state index contributed by atoms with van der Waals surface area (Å²) in [5.41, 5.74) is 4.05. The fourth-order valence-corrected chi connectivity index (χ4v) is 3.70. The Balaban J connectivity index is 1.56. The second kappa shape index (κ2) is 8.02. The van der Waals surface area contributed by atoms with Crippen LogP contribution in [0, 0.1) is 6.92 Å². The molecule has 0 unspecified atom stereocenters. The highest BCUT2D eigenvalue weighted by Gasteiger charge is 2.28. The number of para-hydroxylation sites is 1. The Morgan fingerprint density at radius 2 is 1.86 bits per heavy atom. The van der Waals surface area contributed by atoms with Crippen molar-refractivity contribution in [3.05, 3.63) is 82.5 Å². The molecule has 0 saturated carbocycles. The van der Waals surface area contributed by atoms with Gasteiger partial charge in [-0.3, -0.25) is 4.90 Å². The van der Waals surface area contributed by atoms with Crippen LogP contribution in [0.3, 0.4) is 0 Å². The summed E-state index contributed by atoms with van der Waals surface area (Å²) in [5.74, 6) is 0.830. The number of amides is 2. The lowest BCUT2D eigenvalue weighted by Crippen LogP contribution is -2.46. The number of carbonyl (C=O) groups is 1. The lowest BCUT2D eigenvalue weighted by atomic mass is 10.1. The SMILES string of the molecule is Cc1ccc(CN2CCN(C(=O)Nc3ccccc3Br)c3cccnc32)cc1. The summed E-state index contributed by atoms with van der Waals surface area (Å²) >= 11 is 3.48. The molecule has 2 heterocycles. The molecular weight excluding hydrogens is 416 g/mol. The molecule has 0 bridgehead atoms. The number of aryl methyl sites for hydroxylation is 1. The fraction of sp³-hybridized carbons (Fsp3) is 0.182. The molecular formula is C22H21BrN4O. The molecule has 28 heavy (non-hydrogen) atoms. The number of hydrogen-bond acceptors (Lipinski definition) is 3. The van der Waals surface area contributed by atoms with Crippen LogP contribution in [0.25, 0.3) is 0 Å². The van der Waals surface area contributed by atoms with Gasteiger partial charge in [0.25, 0.3) is 0 Å². The first kappa shape index (κ1) is 18.5. The molecule has 0 fully saturated rings. The minimum atomic E-state index is -0.156. The standard InChI is InChI=1S/C22H21BrN4O/c1-16-8-10-17(11-9-16)15-26-13-14-27(20-7-4-12-24-21(20)26)22(28)25-19-6-3-2-5-18(19)23/h2-12H,13-15H2,1H3,(H,25,28). The molecule has 0 aliphatic carbocycles. The molecule has 4 rings (SSSR count). The smallest absolute Gasteiger partial charge is 0.326 e. The first-order valence-electron chi connectivity index (χ1n) is 9.20. The number of carbonyl (C=O) groups excluding carboxylic acids is 1. The van der Waals surface area contributed by atoms with E-state index in [1.54, 1.807) is 11.1 Å². The third kappa shape index (κ3) is 3.87. The van der Waals surface area contributed by atoms with Gasteiger partial charge in [0.2, 0.25) is 0 Å². The van der Waals surface area contributed by atoms with E-state index < -0.39 is 0 Å². The number of anilines is 3. The predicted molar refractivity (Wildman–Crippen MR) is 117 cm³/mol. The molecule has 2 aromatic carbocycles. The molecule has 2 amide bonds. The van der Waals surface area contributed by atoms with Crippen LogP contribution in [0.15, 0.2) is 71.3 Å². The van der Waals surface area contributed by atoms with Gasteiger partial charge in [-0.2, -0.15) is 0 Å². The summed E-state index contributed by atoms with van der Waals surface area (Å²) in [6.45, 7) is 4.18. The summed E-state index contributed by atoms with van der Waals surface area (Å²) in [5, 5.41) is 2.99. The van der Waals surface area contributed by atoms with E-state index in [-0.39, 0.29) is 6.03 Å². The highest BCUT2D eigenvalue weighted by molar-refractivity contribution is 9.10. The lowest BCUT2D eigenvalue weighted by Gasteiger charge is -2.36. The van der Waals surface area contributed by atoms with Crippen LogP contribution in [0.1, 0.15) is 11.1 Å². The maximum absolute atomic E-state index is 12.9. The van der Waals surface area contributed by atoms with Crippen molar-refractivity contribution in [3.63, 3.8) is 0 Å². The molecule has 0 atom stereocenters. The second-order valence-electron chi connectivity index (χ2n) is 6.81. The monoisotopic (exact) mass is 436 g/mol. The van der Waals surface area contributed by atoms with Crippen molar-refractivity contribution in [1.82, 2.24) is 4.98 Å². The van der Waals surface area contributed by atoms with Gasteiger partial charge in [-0.15, -0.1) is 0 Å². The van der Waals surface area contributed by atoms with Crippen LogP contribution in [0.2, 0.25) is 0 Å². The Morgan fingerprint density at radius 3 is 2.64 bits per heavy atom. The van der Waals surface area contributed by atoms with Gasteiger partial charge in [0.15, 0.2) is 5.82 Å². The van der Waals surface area contributed by atoms with Crippen molar-refractivity contribution < 1.29 is 4.79 Å². The highest BCUT2D eigenvalue weighted by atomic mass is 79.9. The van der Waals surface area contributed by atoms with Crippen LogP contribution in [0.5, 0.6) is 0 Å². The minimum absolute atomic E-state index is 0.156. The Kier molecular flexibility index (Phi) is 5.30. The topological polar surface area (TPSA) is 48.5 Å². The van der Waals surface area contributed by atoms with Gasteiger partial charge in [-0.1, -0.05) is 42.0 Å². The van der Waals surface area contributed by atoms with E-state index in [1.165, 1.54) is 11.1 Å². The Labute approximate surface area is 173 Å². The van der Waals surface area contributed by atoms with E-state index in [0.29, 0.717) is 6.54 Å². The number of halogens is 1. The number of benzene rings is 2. The number of fused-ring (bicyclic) bond motifs is 1. The number of urea groups is 1. The molecule has 0 radical (unpaired) electrons. The van der Waals surface area contributed by atoms with E-state index in [2.05, 4.69) is 62.3 Å². The molecule has 3 aromatic rings. The van der Waals surface area contributed by atoms with Crippen molar-refractivity contribution in [3.8, 4) is 0 Å². The Hall–Kier alpha value is -2.86. The zero-order valence-corrected chi connectivity index (χ0v) is 17.2. The van der Waals surface area contributed by atoms with Crippen molar-refractivity contribution in [2.24, 2.45) is 0 Å². The first-order chi connectivity index (χ1) is 13.6. The summed E-state index contributed by atoms with van der Waals surface area (Å²) in [4.78, 5) is 21.5. The molecule has 0 saturated heterocycles. The largest absolute Gasteiger partial charge is 0.349 e. The van der Waals surface area contributed by atoms with E-state index in [4.69, 9.17) is 0 Å². The van der Waals surface area contributed by atoms with Crippen molar-refractivity contribution >= 4 is 39.2 Å². The molecule has 1 aliphatic rings. The normalized spacial score (nSPS) is 13.2. The quantitative estimate of drug-likeness (QED) is 0.612. The maximum Gasteiger partial charge on any atom is 0.326 e. The average molecular weight is 437 g/mol. The third-order valence-electron chi connectivity index (χ3n) is 4.80. The number of rotatable bonds is 3. The van der Waals surface area contributed by atoms with Gasteiger partial charge in [0, 0.05) is 30.3 Å². The highest BCUT2D eigenvalue weighted by Crippen LogP contribution is 2.32. The molecule has 1 N–H and O–H groups in total. The molecule has 6 heteroatoms.